The number of anilines is 1. The van der Waals surface area contributed by atoms with Gasteiger partial charge in [0.1, 0.15) is 0 Å². The molecule has 3 heterocycles. The van der Waals surface area contributed by atoms with Gasteiger partial charge in [0.15, 0.2) is 5.69 Å². The number of aromatic nitrogens is 2. The van der Waals surface area contributed by atoms with Gasteiger partial charge in [-0.2, -0.15) is 0 Å². The van der Waals surface area contributed by atoms with Crippen LogP contribution in [0, 0.1) is 6.57 Å². The van der Waals surface area contributed by atoms with Gasteiger partial charge < -0.3 is 9.88 Å². The van der Waals surface area contributed by atoms with Gasteiger partial charge in [-0.3, -0.25) is 14.3 Å². The van der Waals surface area contributed by atoms with Crippen LogP contribution in [0.3, 0.4) is 0 Å². The minimum absolute atomic E-state index is 0.0129. The molecule has 6 heteroatoms. The van der Waals surface area contributed by atoms with Crippen LogP contribution in [0.1, 0.15) is 12.0 Å². The van der Waals surface area contributed by atoms with Crippen LogP contribution in [-0.2, 0) is 6.42 Å². The molecule has 5 aromatic rings. The van der Waals surface area contributed by atoms with Crippen molar-refractivity contribution >= 4 is 33.1 Å². The van der Waals surface area contributed by atoms with E-state index in [-0.39, 0.29) is 5.56 Å². The predicted octanol–water partition coefficient (Wildman–Crippen LogP) is 5.78. The van der Waals surface area contributed by atoms with Crippen molar-refractivity contribution in [2.75, 3.05) is 37.6 Å². The first-order valence-corrected chi connectivity index (χ1v) is 12.9. The Morgan fingerprint density at radius 2 is 1.65 bits per heavy atom. The molecule has 1 aliphatic rings. The highest BCUT2D eigenvalue weighted by atomic mass is 16.1. The molecule has 37 heavy (non-hydrogen) atoms. The Morgan fingerprint density at radius 1 is 0.865 bits per heavy atom. The second-order valence-corrected chi connectivity index (χ2v) is 9.68. The molecule has 0 radical (unpaired) electrons. The average Bonchev–Trinajstić information content (AvgIpc) is 3.36. The highest BCUT2D eigenvalue weighted by Crippen LogP contribution is 2.25. The van der Waals surface area contributed by atoms with Crippen LogP contribution in [0.5, 0.6) is 0 Å². The number of fused-ring (bicyclic) bond motifs is 2. The fourth-order valence-electron chi connectivity index (χ4n) is 5.38. The van der Waals surface area contributed by atoms with E-state index in [1.165, 1.54) is 16.6 Å². The molecule has 0 unspecified atom stereocenters. The summed E-state index contributed by atoms with van der Waals surface area (Å²) in [6.45, 7) is 12.4. The van der Waals surface area contributed by atoms with Gasteiger partial charge in [0.05, 0.1) is 6.57 Å². The topological polar surface area (TPSA) is 48.6 Å². The fraction of sp³-hybridized carbons (Fsp3) is 0.226. The van der Waals surface area contributed by atoms with Crippen molar-refractivity contribution in [3.8, 4) is 5.69 Å². The van der Waals surface area contributed by atoms with E-state index in [1.54, 1.807) is 4.57 Å². The molecule has 6 rings (SSSR count). The summed E-state index contributed by atoms with van der Waals surface area (Å²) in [4.78, 5) is 24.8. The zero-order chi connectivity index (χ0) is 25.2. The molecule has 3 aromatic carbocycles. The number of nitrogens with one attached hydrogen (secondary N) is 1. The number of rotatable bonds is 6. The highest BCUT2D eigenvalue weighted by Gasteiger charge is 2.17. The van der Waals surface area contributed by atoms with Gasteiger partial charge in [0.2, 0.25) is 0 Å². The Hall–Kier alpha value is -4.34. The predicted molar refractivity (Wildman–Crippen MR) is 151 cm³/mol. The third kappa shape index (κ3) is 4.62. The zero-order valence-corrected chi connectivity index (χ0v) is 20.7. The number of hydrogen-bond acceptors (Lipinski definition) is 3. The van der Waals surface area contributed by atoms with Crippen molar-refractivity contribution in [3.63, 3.8) is 0 Å². The monoisotopic (exact) mass is 487 g/mol. The van der Waals surface area contributed by atoms with Crippen LogP contribution >= 0.6 is 0 Å². The standard InChI is InChI=1S/C31H29N5O/c1-32-25-8-13-30-29(21-25)24(22-33-30)6-4-15-34-17-19-35(20-18-34)26-9-11-27(12-10-26)36-16-14-23-5-2-3-7-28(23)31(36)37/h2-3,5,7-14,16,21-22,33H,4,6,15,17-20H2. The maximum absolute atomic E-state index is 12.9. The lowest BCUT2D eigenvalue weighted by molar-refractivity contribution is 0.255. The molecule has 0 saturated carbocycles. The van der Waals surface area contributed by atoms with Gasteiger partial charge in [-0.05, 0) is 84.3 Å². The van der Waals surface area contributed by atoms with Crippen LogP contribution in [0.25, 0.3) is 32.2 Å². The molecule has 0 spiro atoms. The van der Waals surface area contributed by atoms with Crippen LogP contribution in [0.4, 0.5) is 11.4 Å². The molecule has 0 bridgehead atoms. The van der Waals surface area contributed by atoms with E-state index >= 15 is 0 Å². The Labute approximate surface area is 216 Å². The summed E-state index contributed by atoms with van der Waals surface area (Å²) in [5.74, 6) is 0. The van der Waals surface area contributed by atoms with Crippen molar-refractivity contribution < 1.29 is 0 Å². The third-order valence-electron chi connectivity index (χ3n) is 7.48. The molecule has 1 N–H and O–H groups in total. The van der Waals surface area contributed by atoms with E-state index in [2.05, 4.69) is 38.0 Å². The molecule has 1 aliphatic heterocycles. The second kappa shape index (κ2) is 9.96. The lowest BCUT2D eigenvalue weighted by atomic mass is 10.1. The summed E-state index contributed by atoms with van der Waals surface area (Å²) in [6, 6.07) is 23.9. The molecule has 0 atom stereocenters. The first kappa shape index (κ1) is 23.1. The van der Waals surface area contributed by atoms with Crippen LogP contribution in [-0.4, -0.2) is 47.2 Å². The molecule has 0 aliphatic carbocycles. The molecule has 0 amide bonds. The summed E-state index contributed by atoms with van der Waals surface area (Å²) in [7, 11) is 0. The van der Waals surface area contributed by atoms with Crippen molar-refractivity contribution in [3.05, 3.63) is 113 Å². The average molecular weight is 488 g/mol. The maximum atomic E-state index is 12.9. The van der Waals surface area contributed by atoms with E-state index in [9.17, 15) is 4.79 Å². The van der Waals surface area contributed by atoms with Crippen molar-refractivity contribution in [1.29, 1.82) is 0 Å². The number of pyridine rings is 1. The summed E-state index contributed by atoms with van der Waals surface area (Å²) in [5, 5.41) is 2.88. The number of piperazine rings is 1. The number of hydrogen-bond donors (Lipinski definition) is 1. The number of aromatic amines is 1. The highest BCUT2D eigenvalue weighted by molar-refractivity contribution is 5.86. The zero-order valence-electron chi connectivity index (χ0n) is 20.7. The van der Waals surface area contributed by atoms with Crippen molar-refractivity contribution in [1.82, 2.24) is 14.5 Å². The van der Waals surface area contributed by atoms with E-state index in [4.69, 9.17) is 6.57 Å². The lowest BCUT2D eigenvalue weighted by Crippen LogP contribution is -2.46. The van der Waals surface area contributed by atoms with Crippen LogP contribution < -0.4 is 10.5 Å². The smallest absolute Gasteiger partial charge is 0.262 e. The summed E-state index contributed by atoms with van der Waals surface area (Å²) in [6.07, 6.45) is 6.06. The third-order valence-corrected chi connectivity index (χ3v) is 7.48. The molecule has 184 valence electrons. The Kier molecular flexibility index (Phi) is 6.21. The van der Waals surface area contributed by atoms with E-state index in [0.717, 1.165) is 67.5 Å². The number of aryl methyl sites for hydroxylation is 1. The molecule has 2 aromatic heterocycles. The van der Waals surface area contributed by atoms with E-state index < -0.39 is 0 Å². The van der Waals surface area contributed by atoms with Crippen LogP contribution in [0.15, 0.2) is 90.0 Å². The molecular formula is C31H29N5O. The summed E-state index contributed by atoms with van der Waals surface area (Å²) >= 11 is 0. The SMILES string of the molecule is [C-]#[N+]c1ccc2[nH]cc(CCCN3CCN(c4ccc(-n5ccc6ccccc6c5=O)cc4)CC3)c2c1. The normalized spacial score (nSPS) is 14.3. The van der Waals surface area contributed by atoms with Crippen molar-refractivity contribution in [2.24, 2.45) is 0 Å². The molecular weight excluding hydrogens is 458 g/mol. The van der Waals surface area contributed by atoms with Crippen molar-refractivity contribution in [2.45, 2.75) is 12.8 Å². The minimum Gasteiger partial charge on any atom is -0.369 e. The Bertz CT molecular complexity index is 1650. The number of benzene rings is 3. The Balaban J connectivity index is 1.04. The van der Waals surface area contributed by atoms with Crippen LogP contribution in [0.2, 0.25) is 0 Å². The molecule has 1 fully saturated rings. The van der Waals surface area contributed by atoms with Gasteiger partial charge in [-0.1, -0.05) is 24.3 Å². The molecule has 6 nitrogen and oxygen atoms in total. The van der Waals surface area contributed by atoms with E-state index in [1.807, 2.05) is 66.9 Å². The summed E-state index contributed by atoms with van der Waals surface area (Å²) in [5.41, 5.74) is 5.20. The van der Waals surface area contributed by atoms with E-state index in [0.29, 0.717) is 5.69 Å². The fourth-order valence-corrected chi connectivity index (χ4v) is 5.38. The Morgan fingerprint density at radius 3 is 2.46 bits per heavy atom. The first-order chi connectivity index (χ1) is 18.2. The van der Waals surface area contributed by atoms with Gasteiger partial charge in [0.25, 0.3) is 5.56 Å². The molecule has 1 saturated heterocycles. The first-order valence-electron chi connectivity index (χ1n) is 12.9. The largest absolute Gasteiger partial charge is 0.369 e. The minimum atomic E-state index is 0.0129. The van der Waals surface area contributed by atoms with Gasteiger partial charge in [0, 0.05) is 60.9 Å². The van der Waals surface area contributed by atoms with Gasteiger partial charge in [-0.15, -0.1) is 0 Å². The van der Waals surface area contributed by atoms with Gasteiger partial charge >= 0.3 is 0 Å². The summed E-state index contributed by atoms with van der Waals surface area (Å²) < 4.78 is 1.72. The number of nitrogens with zero attached hydrogens (tertiary/aromatic N) is 4. The maximum Gasteiger partial charge on any atom is 0.262 e. The lowest BCUT2D eigenvalue weighted by Gasteiger charge is -2.36. The van der Waals surface area contributed by atoms with Gasteiger partial charge in [-0.25, -0.2) is 4.85 Å². The second-order valence-electron chi connectivity index (χ2n) is 9.68. The quantitative estimate of drug-likeness (QED) is 0.309. The number of H-pyrrole nitrogens is 1.